The van der Waals surface area contributed by atoms with Gasteiger partial charge in [-0.3, -0.25) is 4.55 Å². The van der Waals surface area contributed by atoms with E-state index >= 15 is 17.6 Å². The van der Waals surface area contributed by atoms with Crippen LogP contribution in [0, 0.1) is 58.8 Å². The summed E-state index contributed by atoms with van der Waals surface area (Å²) in [4.78, 5) is -2.08. The summed E-state index contributed by atoms with van der Waals surface area (Å²) in [6.45, 7) is 0. The lowest BCUT2D eigenvalue weighted by molar-refractivity contribution is 0.0763. The zero-order chi connectivity index (χ0) is 34.7. The molecular weight excluding hydrogens is 688 g/mol. The fourth-order valence-corrected chi connectivity index (χ4v) is 14.1. The van der Waals surface area contributed by atoms with E-state index in [0.717, 1.165) is 68.1 Å². The van der Waals surface area contributed by atoms with Gasteiger partial charge in [-0.15, -0.1) is 0 Å². The maximum Gasteiger partial charge on any atom is 0.300 e. The van der Waals surface area contributed by atoms with Crippen LogP contribution in [-0.4, -0.2) is 49.6 Å². The van der Waals surface area contributed by atoms with Gasteiger partial charge in [0.25, 0.3) is 0 Å². The van der Waals surface area contributed by atoms with E-state index in [4.69, 9.17) is 18.9 Å². The average Bonchev–Trinajstić information content (AvgIpc) is 3.94. The van der Waals surface area contributed by atoms with E-state index in [2.05, 4.69) is 12.1 Å². The van der Waals surface area contributed by atoms with Crippen LogP contribution >= 0.6 is 0 Å². The average molecular weight is 731 g/mol. The van der Waals surface area contributed by atoms with Gasteiger partial charge in [0.15, 0.2) is 16.5 Å². The number of ether oxygens (including phenoxy) is 4. The zero-order valence-electron chi connectivity index (χ0n) is 28.1. The van der Waals surface area contributed by atoms with E-state index in [0.29, 0.717) is 48.3 Å². The normalized spacial score (nSPS) is 44.1. The summed E-state index contributed by atoms with van der Waals surface area (Å²) < 4.78 is 121. The Bertz CT molecular complexity index is 1850. The summed E-state index contributed by atoms with van der Waals surface area (Å²) in [5, 5.41) is 0. The van der Waals surface area contributed by atoms with E-state index in [1.54, 1.807) is 0 Å². The van der Waals surface area contributed by atoms with Crippen molar-refractivity contribution in [3.8, 4) is 11.5 Å². The molecule has 15 atom stereocenters. The van der Waals surface area contributed by atoms with E-state index < -0.39 is 44.0 Å². The Balaban J connectivity index is 1.10. The summed E-state index contributed by atoms with van der Waals surface area (Å²) in [6.07, 6.45) is 12.6. The van der Waals surface area contributed by atoms with Gasteiger partial charge >= 0.3 is 10.1 Å². The molecule has 51 heavy (non-hydrogen) atoms. The predicted molar refractivity (Wildman–Crippen MR) is 173 cm³/mol. The van der Waals surface area contributed by atoms with Crippen molar-refractivity contribution >= 4 is 10.1 Å². The summed E-state index contributed by atoms with van der Waals surface area (Å²) in [5.74, 6) is -7.17. The van der Waals surface area contributed by atoms with Gasteiger partial charge in [-0.1, -0.05) is 31.4 Å². The van der Waals surface area contributed by atoms with Gasteiger partial charge in [0.2, 0.25) is 17.4 Å². The topological polar surface area (TPSA) is 91.3 Å². The first-order chi connectivity index (χ1) is 24.6. The van der Waals surface area contributed by atoms with Gasteiger partial charge in [-0.2, -0.15) is 17.2 Å². The van der Waals surface area contributed by atoms with Gasteiger partial charge in [0, 0.05) is 28.9 Å². The lowest BCUT2D eigenvalue weighted by Crippen LogP contribution is -2.32. The van der Waals surface area contributed by atoms with E-state index in [1.165, 1.54) is 12.8 Å². The molecule has 274 valence electrons. The molecule has 0 amide bonds. The Labute approximate surface area is 294 Å². The second-order valence-corrected chi connectivity index (χ2v) is 18.6. The molecule has 6 heterocycles. The number of halogens is 4. The van der Waals surface area contributed by atoms with Gasteiger partial charge in [-0.25, -0.2) is 8.78 Å². The molecule has 7 nitrogen and oxygen atoms in total. The van der Waals surface area contributed by atoms with Crippen LogP contribution in [0.3, 0.4) is 0 Å². The molecule has 6 saturated heterocycles. The minimum absolute atomic E-state index is 0.0556. The number of fused-ring (bicyclic) bond motifs is 15. The second-order valence-electron chi connectivity index (χ2n) is 17.2. The van der Waals surface area contributed by atoms with Gasteiger partial charge < -0.3 is 18.9 Å². The van der Waals surface area contributed by atoms with Crippen molar-refractivity contribution in [2.24, 2.45) is 35.5 Å². The highest BCUT2D eigenvalue weighted by Crippen LogP contribution is 2.63. The standard InChI is InChI=1S/C39H42F4O7S/c40-30-32(42)39(51(44,45)46)33(43)31(41)38(30)50-37-23(25-13-28-17-5-2-8-20(17)35(25)48-28)10-15(22-12-27-16-4-1-7-19(16)34(22)47-27)11-24(37)26-14-29-18-6-3-9-21(18)36(26)49-29/h10-11,16-22,25-29,34-36H,1-9,12-14H2,(H,44,45,46). The minimum atomic E-state index is -5.63. The largest absolute Gasteiger partial charge is 0.450 e. The quantitative estimate of drug-likeness (QED) is 0.182. The Morgan fingerprint density at radius 1 is 0.569 bits per heavy atom. The van der Waals surface area contributed by atoms with Crippen molar-refractivity contribution in [1.29, 1.82) is 0 Å². The molecule has 2 aromatic rings. The molecular formula is C39H42F4O7S. The van der Waals surface area contributed by atoms with Crippen LogP contribution in [0.4, 0.5) is 17.6 Å². The minimum Gasteiger partial charge on any atom is -0.450 e. The number of hydrogen-bond acceptors (Lipinski definition) is 6. The smallest absolute Gasteiger partial charge is 0.300 e. The molecule has 0 aromatic heterocycles. The van der Waals surface area contributed by atoms with Gasteiger partial charge in [0.1, 0.15) is 5.75 Å². The maximum atomic E-state index is 15.8. The Hall–Kier alpha value is -2.25. The molecule has 6 bridgehead atoms. The van der Waals surface area contributed by atoms with Crippen molar-refractivity contribution in [1.82, 2.24) is 0 Å². The Morgan fingerprint density at radius 3 is 1.39 bits per heavy atom. The third kappa shape index (κ3) is 4.46. The number of benzene rings is 2. The predicted octanol–water partition coefficient (Wildman–Crippen LogP) is 8.30. The third-order valence-electron chi connectivity index (χ3n) is 15.3. The van der Waals surface area contributed by atoms with Gasteiger partial charge in [0.05, 0.1) is 36.6 Å². The summed E-state index contributed by atoms with van der Waals surface area (Å²) >= 11 is 0. The first-order valence-electron chi connectivity index (χ1n) is 19.2. The fourth-order valence-electron chi connectivity index (χ4n) is 13.4. The number of rotatable bonds is 6. The molecule has 6 aliphatic heterocycles. The Kier molecular flexibility index (Phi) is 7.04. The highest BCUT2D eigenvalue weighted by molar-refractivity contribution is 7.85. The Morgan fingerprint density at radius 2 is 0.961 bits per heavy atom. The molecule has 9 aliphatic rings. The van der Waals surface area contributed by atoms with Crippen molar-refractivity contribution in [3.63, 3.8) is 0 Å². The molecule has 11 rings (SSSR count). The molecule has 15 unspecified atom stereocenters. The van der Waals surface area contributed by atoms with Crippen LogP contribution in [0.1, 0.15) is 111 Å². The second kappa shape index (κ2) is 11.1. The third-order valence-corrected chi connectivity index (χ3v) is 16.1. The van der Waals surface area contributed by atoms with Crippen molar-refractivity contribution in [2.45, 2.75) is 136 Å². The van der Waals surface area contributed by atoms with Crippen molar-refractivity contribution in [3.05, 3.63) is 52.1 Å². The SMILES string of the molecule is O=S(=O)(O)c1c(F)c(F)c(Oc2c(C3CC4OC3C3CCCC43)cc(C3CC4OC3C3CCCC43)cc2C2CC3OC2C2CCCC32)c(F)c1F. The zero-order valence-corrected chi connectivity index (χ0v) is 28.9. The van der Waals surface area contributed by atoms with Crippen LogP contribution in [0.2, 0.25) is 0 Å². The maximum absolute atomic E-state index is 15.8. The highest BCUT2D eigenvalue weighted by Gasteiger charge is 2.60. The van der Waals surface area contributed by atoms with E-state index in [1.807, 2.05) is 0 Å². The monoisotopic (exact) mass is 730 g/mol. The van der Waals surface area contributed by atoms with Crippen LogP contribution in [0.5, 0.6) is 11.5 Å². The summed E-state index contributed by atoms with van der Waals surface area (Å²) in [7, 11) is -5.63. The van der Waals surface area contributed by atoms with Crippen LogP contribution < -0.4 is 4.74 Å². The van der Waals surface area contributed by atoms with Crippen LogP contribution in [0.15, 0.2) is 17.0 Å². The lowest BCUT2D eigenvalue weighted by atomic mass is 9.68. The summed E-state index contributed by atoms with van der Waals surface area (Å²) in [6, 6.07) is 4.19. The highest BCUT2D eigenvalue weighted by atomic mass is 32.2. The first kappa shape index (κ1) is 32.2. The van der Waals surface area contributed by atoms with Gasteiger partial charge in [-0.05, 0) is 98.9 Å². The van der Waals surface area contributed by atoms with E-state index in [-0.39, 0.29) is 60.1 Å². The molecule has 12 heteroatoms. The van der Waals surface area contributed by atoms with E-state index in [9.17, 15) is 13.0 Å². The van der Waals surface area contributed by atoms with Crippen molar-refractivity contribution in [2.75, 3.05) is 0 Å². The van der Waals surface area contributed by atoms with Crippen LogP contribution in [-0.2, 0) is 24.3 Å². The molecule has 0 spiro atoms. The van der Waals surface area contributed by atoms with Crippen LogP contribution in [0.25, 0.3) is 0 Å². The molecule has 1 N–H and O–H groups in total. The lowest BCUT2D eigenvalue weighted by Gasteiger charge is -2.35. The molecule has 2 aromatic carbocycles. The molecule has 9 fully saturated rings. The fraction of sp³-hybridized carbons (Fsp3) is 0.692. The summed E-state index contributed by atoms with van der Waals surface area (Å²) in [5.41, 5.74) is 2.53. The number of hydrogen-bond donors (Lipinski definition) is 1. The van der Waals surface area contributed by atoms with Crippen molar-refractivity contribution < 1.29 is 49.5 Å². The molecule has 0 radical (unpaired) electrons. The first-order valence-corrected chi connectivity index (χ1v) is 20.7. The molecule has 3 saturated carbocycles. The molecule has 3 aliphatic carbocycles.